The minimum atomic E-state index is 0.233. The van der Waals surface area contributed by atoms with Gasteiger partial charge in [0.05, 0.1) is 19.0 Å². The standard InChI is InChI=1S/C18H19N5O3/c1-2-13(24-5-1)9-23-11-21-16-17(19-10-20-18(16)23)22-12-3-4-14-15(8-12)26-7-6-25-14/h3-4,8,10-11,13H,1-2,5-7,9H2,(H,19,20,22). The summed E-state index contributed by atoms with van der Waals surface area (Å²) in [7, 11) is 0. The second-order valence-corrected chi connectivity index (χ2v) is 6.41. The van der Waals surface area contributed by atoms with E-state index < -0.39 is 0 Å². The van der Waals surface area contributed by atoms with E-state index in [4.69, 9.17) is 14.2 Å². The van der Waals surface area contributed by atoms with Gasteiger partial charge in [-0.25, -0.2) is 15.0 Å². The molecule has 1 N–H and O–H groups in total. The van der Waals surface area contributed by atoms with Gasteiger partial charge < -0.3 is 24.1 Å². The number of nitrogens with zero attached hydrogens (tertiary/aromatic N) is 4. The third-order valence-electron chi connectivity index (χ3n) is 4.63. The predicted octanol–water partition coefficient (Wildman–Crippen LogP) is 2.52. The van der Waals surface area contributed by atoms with Gasteiger partial charge in [0.1, 0.15) is 19.5 Å². The summed E-state index contributed by atoms with van der Waals surface area (Å²) in [6.07, 6.45) is 5.78. The SMILES string of the molecule is c1nc(Nc2ccc3c(c2)OCCO3)c2ncn(CC3CCCO3)c2n1. The molecular weight excluding hydrogens is 334 g/mol. The first-order valence-electron chi connectivity index (χ1n) is 8.81. The maximum atomic E-state index is 5.72. The Morgan fingerprint density at radius 3 is 2.88 bits per heavy atom. The summed E-state index contributed by atoms with van der Waals surface area (Å²) in [5.41, 5.74) is 2.40. The molecule has 0 saturated carbocycles. The van der Waals surface area contributed by atoms with Gasteiger partial charge in [-0.1, -0.05) is 0 Å². The Morgan fingerprint density at radius 2 is 2.00 bits per heavy atom. The highest BCUT2D eigenvalue weighted by Crippen LogP contribution is 2.34. The summed E-state index contributed by atoms with van der Waals surface area (Å²) < 4.78 is 18.9. The van der Waals surface area contributed by atoms with Crippen molar-refractivity contribution in [2.75, 3.05) is 25.1 Å². The van der Waals surface area contributed by atoms with Crippen molar-refractivity contribution in [1.29, 1.82) is 0 Å². The molecule has 0 spiro atoms. The van der Waals surface area contributed by atoms with Crippen LogP contribution < -0.4 is 14.8 Å². The van der Waals surface area contributed by atoms with Gasteiger partial charge in [-0.05, 0) is 25.0 Å². The number of hydrogen-bond donors (Lipinski definition) is 1. The lowest BCUT2D eigenvalue weighted by Gasteiger charge is -2.19. The molecule has 5 rings (SSSR count). The first kappa shape index (κ1) is 15.4. The van der Waals surface area contributed by atoms with Crippen molar-refractivity contribution in [3.8, 4) is 11.5 Å². The lowest BCUT2D eigenvalue weighted by molar-refractivity contribution is 0.0978. The summed E-state index contributed by atoms with van der Waals surface area (Å²) in [6, 6.07) is 5.74. The van der Waals surface area contributed by atoms with Crippen LogP contribution in [0, 0.1) is 0 Å². The zero-order valence-corrected chi connectivity index (χ0v) is 14.2. The smallest absolute Gasteiger partial charge is 0.165 e. The van der Waals surface area contributed by atoms with E-state index in [0.717, 1.165) is 54.3 Å². The van der Waals surface area contributed by atoms with E-state index in [1.807, 2.05) is 22.8 Å². The highest BCUT2D eigenvalue weighted by Gasteiger charge is 2.19. The van der Waals surface area contributed by atoms with Crippen LogP contribution in [0.1, 0.15) is 12.8 Å². The van der Waals surface area contributed by atoms with Crippen molar-refractivity contribution in [2.24, 2.45) is 0 Å². The maximum absolute atomic E-state index is 5.72. The van der Waals surface area contributed by atoms with Crippen molar-refractivity contribution >= 4 is 22.7 Å². The first-order valence-corrected chi connectivity index (χ1v) is 8.81. The van der Waals surface area contributed by atoms with Gasteiger partial charge in [-0.2, -0.15) is 0 Å². The molecule has 8 heteroatoms. The molecule has 0 aliphatic carbocycles. The second-order valence-electron chi connectivity index (χ2n) is 6.41. The zero-order valence-electron chi connectivity index (χ0n) is 14.2. The van der Waals surface area contributed by atoms with Gasteiger partial charge >= 0.3 is 0 Å². The first-order chi connectivity index (χ1) is 12.9. The Morgan fingerprint density at radius 1 is 1.08 bits per heavy atom. The molecule has 2 aliphatic rings. The normalized spacial score (nSPS) is 19.0. The van der Waals surface area contributed by atoms with Gasteiger partial charge in [0, 0.05) is 18.4 Å². The molecule has 1 fully saturated rings. The number of anilines is 2. The molecule has 1 unspecified atom stereocenters. The minimum absolute atomic E-state index is 0.233. The van der Waals surface area contributed by atoms with Gasteiger partial charge in [-0.3, -0.25) is 0 Å². The van der Waals surface area contributed by atoms with Crippen molar-refractivity contribution in [2.45, 2.75) is 25.5 Å². The monoisotopic (exact) mass is 353 g/mol. The molecule has 1 atom stereocenters. The highest BCUT2D eigenvalue weighted by atomic mass is 16.6. The molecule has 2 aliphatic heterocycles. The molecular formula is C18H19N5O3. The Balaban J connectivity index is 1.43. The molecule has 0 bridgehead atoms. The topological polar surface area (TPSA) is 83.3 Å². The third kappa shape index (κ3) is 2.82. The van der Waals surface area contributed by atoms with E-state index in [1.165, 1.54) is 0 Å². The van der Waals surface area contributed by atoms with Gasteiger partial charge in [-0.15, -0.1) is 0 Å². The van der Waals surface area contributed by atoms with Crippen LogP contribution in [0.15, 0.2) is 30.9 Å². The summed E-state index contributed by atoms with van der Waals surface area (Å²) in [5.74, 6) is 2.16. The Kier molecular flexibility index (Phi) is 3.82. The second kappa shape index (κ2) is 6.45. The summed E-state index contributed by atoms with van der Waals surface area (Å²) in [6.45, 7) is 2.73. The van der Waals surface area contributed by atoms with E-state index in [9.17, 15) is 0 Å². The maximum Gasteiger partial charge on any atom is 0.165 e. The molecule has 3 aromatic rings. The van der Waals surface area contributed by atoms with Crippen LogP contribution in [0.4, 0.5) is 11.5 Å². The van der Waals surface area contributed by atoms with Gasteiger partial charge in [0.15, 0.2) is 28.5 Å². The Labute approximate surface area is 150 Å². The van der Waals surface area contributed by atoms with Crippen LogP contribution in [-0.2, 0) is 11.3 Å². The Hall–Kier alpha value is -2.87. The lowest BCUT2D eigenvalue weighted by atomic mass is 10.2. The van der Waals surface area contributed by atoms with Gasteiger partial charge in [0.25, 0.3) is 0 Å². The number of benzene rings is 1. The van der Waals surface area contributed by atoms with E-state index in [-0.39, 0.29) is 6.10 Å². The predicted molar refractivity (Wildman–Crippen MR) is 95.0 cm³/mol. The van der Waals surface area contributed by atoms with E-state index >= 15 is 0 Å². The summed E-state index contributed by atoms with van der Waals surface area (Å²) in [4.78, 5) is 13.3. The fraction of sp³-hybridized carbons (Fsp3) is 0.389. The van der Waals surface area contributed by atoms with Crippen LogP contribution >= 0.6 is 0 Å². The Bertz CT molecular complexity index is 936. The van der Waals surface area contributed by atoms with Crippen LogP contribution in [0.5, 0.6) is 11.5 Å². The number of ether oxygens (including phenoxy) is 3. The summed E-state index contributed by atoms with van der Waals surface area (Å²) >= 11 is 0. The van der Waals surface area contributed by atoms with E-state index in [0.29, 0.717) is 19.0 Å². The largest absolute Gasteiger partial charge is 0.486 e. The van der Waals surface area contributed by atoms with Crippen LogP contribution in [0.3, 0.4) is 0 Å². The number of nitrogens with one attached hydrogen (secondary N) is 1. The molecule has 26 heavy (non-hydrogen) atoms. The van der Waals surface area contributed by atoms with Crippen molar-refractivity contribution in [3.05, 3.63) is 30.9 Å². The van der Waals surface area contributed by atoms with E-state index in [1.54, 1.807) is 12.7 Å². The highest BCUT2D eigenvalue weighted by molar-refractivity contribution is 5.85. The summed E-state index contributed by atoms with van der Waals surface area (Å²) in [5, 5.41) is 3.31. The lowest BCUT2D eigenvalue weighted by Crippen LogP contribution is -2.15. The van der Waals surface area contributed by atoms with Crippen LogP contribution in [-0.4, -0.2) is 45.4 Å². The molecule has 0 amide bonds. The number of fused-ring (bicyclic) bond motifs is 2. The molecule has 1 aromatic carbocycles. The van der Waals surface area contributed by atoms with Crippen molar-refractivity contribution < 1.29 is 14.2 Å². The molecule has 134 valence electrons. The average molecular weight is 353 g/mol. The van der Waals surface area contributed by atoms with Crippen molar-refractivity contribution in [3.63, 3.8) is 0 Å². The van der Waals surface area contributed by atoms with Crippen LogP contribution in [0.25, 0.3) is 11.2 Å². The molecule has 2 aromatic heterocycles. The quantitative estimate of drug-likeness (QED) is 0.771. The third-order valence-corrected chi connectivity index (χ3v) is 4.63. The number of imidazole rings is 1. The number of hydrogen-bond acceptors (Lipinski definition) is 7. The fourth-order valence-electron chi connectivity index (χ4n) is 3.37. The number of aromatic nitrogens is 4. The molecule has 1 saturated heterocycles. The molecule has 8 nitrogen and oxygen atoms in total. The van der Waals surface area contributed by atoms with Crippen LogP contribution in [0.2, 0.25) is 0 Å². The zero-order chi connectivity index (χ0) is 17.3. The molecule has 0 radical (unpaired) electrons. The minimum Gasteiger partial charge on any atom is -0.486 e. The van der Waals surface area contributed by atoms with E-state index in [2.05, 4.69) is 20.3 Å². The van der Waals surface area contributed by atoms with Crippen molar-refractivity contribution in [1.82, 2.24) is 19.5 Å². The van der Waals surface area contributed by atoms with Gasteiger partial charge in [0.2, 0.25) is 0 Å². The molecule has 4 heterocycles. The average Bonchev–Trinajstić information content (AvgIpc) is 3.33. The fourth-order valence-corrected chi connectivity index (χ4v) is 3.37. The number of rotatable bonds is 4.